The fourth-order valence-corrected chi connectivity index (χ4v) is 16.4. The first kappa shape index (κ1) is 100. The predicted molar refractivity (Wildman–Crippen MR) is 487 cm³/mol. The van der Waals surface area contributed by atoms with Gasteiger partial charge in [-0.15, -0.1) is 0 Å². The molecule has 0 spiro atoms. The Kier molecular flexibility index (Phi) is 30.9. The van der Waals surface area contributed by atoms with Gasteiger partial charge in [0.15, 0.2) is 24.4 Å². The SMILES string of the molecule is N#CCC(=O)N1CC[C@H](Oc2ccc(-c3cc(NC(=O)C4CC4)ccn3)cc2C#N)C(F)(F)C1.N#Cc1cc(-c2cc(NC(=O)C3CC3)ccn2)ccc1O[C@H]1CCN(C(=O)C2CCC(=O)N2)CC1(F)F.N#Cc1cc(-c2cc(NC(=O)C3CC3)ccn2)ccc1O[C@H]1CCN(C(=O)C2COC(=O)N2)CC1(F)F.N#Cc1cc(-c2cc(NC(=O)C3CC3)ccn2)ccc1O[C@H]1CCN(C(=O)CCO)CC1(F)F. The van der Waals surface area contributed by atoms with Crippen LogP contribution < -0.4 is 50.8 Å². The number of carbonyl (C=O) groups excluding carboxylic acids is 10. The van der Waals surface area contributed by atoms with Crippen molar-refractivity contribution in [3.05, 3.63) is 168 Å². The van der Waals surface area contributed by atoms with Crippen LogP contribution in [0.2, 0.25) is 0 Å². The van der Waals surface area contributed by atoms with E-state index in [0.717, 1.165) is 71.0 Å². The van der Waals surface area contributed by atoms with Gasteiger partial charge >= 0.3 is 29.8 Å². The number of nitriles is 5. The van der Waals surface area contributed by atoms with Gasteiger partial charge in [0.1, 0.15) is 72.4 Å². The minimum atomic E-state index is -3.39. The number of nitrogens with one attached hydrogen (secondary N) is 6. The topological polar surface area (TPSA) is 493 Å². The van der Waals surface area contributed by atoms with E-state index in [-0.39, 0.29) is 170 Å². The van der Waals surface area contributed by atoms with Crippen LogP contribution in [0, 0.1) is 80.3 Å². The Balaban J connectivity index is 0.000000143. The van der Waals surface area contributed by atoms with Crippen molar-refractivity contribution in [1.82, 2.24) is 50.2 Å². The summed E-state index contributed by atoms with van der Waals surface area (Å²) in [5.74, 6) is -16.0. The standard InChI is InChI=1S/C26H25F2N5O4.C25H23F2N5O5.C24H21F2N5O3.C24H24F2N4O4/c27-26(28)14-33(25(36)19-4-6-23(34)32-19)10-8-22(26)37-21-5-3-16(11-17(21)13-29)20-12-18(7-9-30-20)31-24(35)15-1-2-15;26-25(27)13-32(23(34)19-12-36-24(35)31-19)8-6-21(25)37-20-4-3-15(9-16(20)11-28)18-10-17(5-7-29-18)30-22(33)14-1-2-14;25-24(26)14-31(22(32)5-8-27)10-7-21(24)34-20-4-3-16(11-17(20)13-28)19-12-18(6-9-29-19)30-23(33)15-1-2-15;25-24(26)14-30(22(32)7-10-31)9-6-21(24)34-20-4-3-16(11-17(20)13-27)19-12-18(5-8-28-19)29-23(33)15-1-2-15/h3,5,7,9,11-12,15,19,22H,1-2,4,6,8,10,14H2,(H,32,34)(H,30,31,35);3-5,7,9-10,14,19,21H,1-2,6,8,12-13H2,(H,31,35)(H,29,30,33);3-4,6,9,11-12,15,21H,1-2,5,7,10,14H2,(H,29,30,33);3-5,8,11-12,15,21,31H,1-2,6-7,9-10,14H2,(H,28,29,33)/t19?,22-;19?,21-;2*21-/m0000/s1. The molecule has 4 aliphatic carbocycles. The normalized spacial score (nSPS) is 20.9. The Bertz CT molecular complexity index is 6230. The summed E-state index contributed by atoms with van der Waals surface area (Å²) in [7, 11) is 0. The summed E-state index contributed by atoms with van der Waals surface area (Å²) in [6.45, 7) is -3.82. The summed E-state index contributed by atoms with van der Waals surface area (Å²) in [6, 6.07) is 39.4. The van der Waals surface area contributed by atoms with Crippen LogP contribution in [0.5, 0.6) is 23.0 Å². The van der Waals surface area contributed by atoms with Crippen LogP contribution in [0.3, 0.4) is 0 Å². The van der Waals surface area contributed by atoms with Gasteiger partial charge in [-0.25, -0.2) is 39.9 Å². The lowest BCUT2D eigenvalue weighted by Crippen LogP contribution is -2.58. The number of rotatable bonds is 25. The maximum absolute atomic E-state index is 15.0. The molecule has 7 N–H and O–H groups in total. The molecule has 10 amide bonds. The summed E-state index contributed by atoms with van der Waals surface area (Å²) in [4.78, 5) is 141. The van der Waals surface area contributed by atoms with Gasteiger partial charge in [0, 0.05) is 158 Å². The number of halogens is 8. The highest BCUT2D eigenvalue weighted by Crippen LogP contribution is 2.43. The molecular formula is C99H93F8N19O16. The fraction of sp³-hybridized carbons (Fsp3) is 0.404. The van der Waals surface area contributed by atoms with Crippen molar-refractivity contribution in [3.63, 3.8) is 0 Å². The van der Waals surface area contributed by atoms with Crippen molar-refractivity contribution in [2.24, 2.45) is 23.7 Å². The number of ether oxygens (including phenoxy) is 5. The number of hydrogen-bond acceptors (Lipinski definition) is 25. The quantitative estimate of drug-likeness (QED) is 0.0261. The number of amides is 10. The molecule has 6 atom stereocenters. The third-order valence-electron chi connectivity index (χ3n) is 24.8. The summed E-state index contributed by atoms with van der Waals surface area (Å²) in [6.07, 6.45) is 5.62. The lowest BCUT2D eigenvalue weighted by molar-refractivity contribution is -0.161. The number of likely N-dealkylation sites (tertiary alicyclic amines) is 4. The van der Waals surface area contributed by atoms with Crippen LogP contribution in [0.25, 0.3) is 45.0 Å². The second-order valence-electron chi connectivity index (χ2n) is 35.6. The molecule has 35 nitrogen and oxygen atoms in total. The monoisotopic (exact) mass is 1960 g/mol. The highest BCUT2D eigenvalue weighted by molar-refractivity contribution is 5.97. The second-order valence-corrected chi connectivity index (χ2v) is 35.6. The van der Waals surface area contributed by atoms with E-state index in [0.29, 0.717) is 74.2 Å². The van der Waals surface area contributed by atoms with E-state index >= 15 is 0 Å². The molecule has 43 heteroatoms. The Morgan fingerprint density at radius 1 is 0.394 bits per heavy atom. The van der Waals surface area contributed by atoms with E-state index < -0.39 is 129 Å². The van der Waals surface area contributed by atoms with Crippen LogP contribution in [-0.2, 0) is 47.9 Å². The summed E-state index contributed by atoms with van der Waals surface area (Å²) < 4.78 is 146. The number of pyridine rings is 4. The molecule has 0 radical (unpaired) electrons. The van der Waals surface area contributed by atoms with Crippen LogP contribution in [0.15, 0.2) is 146 Å². The predicted octanol–water partition coefficient (Wildman–Crippen LogP) is 12.0. The molecule has 2 unspecified atom stereocenters. The Morgan fingerprint density at radius 3 is 0.951 bits per heavy atom. The fourth-order valence-electron chi connectivity index (χ4n) is 16.4. The third kappa shape index (κ3) is 25.4. The number of cyclic esters (lactones) is 1. The van der Waals surface area contributed by atoms with E-state index in [2.05, 4.69) is 56.6 Å². The number of hydrogen-bond donors (Lipinski definition) is 7. The number of carbonyl (C=O) groups is 10. The number of alkyl halides is 8. The number of aliphatic hydroxyl groups is 1. The van der Waals surface area contributed by atoms with Gasteiger partial charge in [-0.2, -0.15) is 26.3 Å². The number of aromatic nitrogens is 4. The first-order valence-electron chi connectivity index (χ1n) is 45.8. The Hall–Kier alpha value is -16.0. The van der Waals surface area contributed by atoms with Crippen molar-refractivity contribution in [3.8, 4) is 98.4 Å². The largest absolute Gasteiger partial charge is 0.483 e. The number of benzene rings is 4. The Labute approximate surface area is 806 Å². The minimum Gasteiger partial charge on any atom is -0.483 e. The van der Waals surface area contributed by atoms with Gasteiger partial charge in [-0.05, 0) is 179 Å². The molecule has 0 bridgehead atoms. The molecule has 4 aromatic heterocycles. The van der Waals surface area contributed by atoms with E-state index in [4.69, 9.17) is 29.3 Å². The molecule has 6 aliphatic heterocycles. The van der Waals surface area contributed by atoms with Crippen molar-refractivity contribution in [1.29, 1.82) is 26.3 Å². The lowest BCUT2D eigenvalue weighted by atomic mass is 10.0. The first-order valence-corrected chi connectivity index (χ1v) is 45.8. The van der Waals surface area contributed by atoms with Gasteiger partial charge in [0.2, 0.25) is 53.2 Å². The molecule has 10 aliphatic rings. The molecule has 6 saturated heterocycles. The molecule has 18 rings (SSSR count). The average molecular weight is 1960 g/mol. The third-order valence-corrected chi connectivity index (χ3v) is 24.8. The maximum atomic E-state index is 15.0. The van der Waals surface area contributed by atoms with Crippen LogP contribution in [-0.4, -0.2) is 230 Å². The van der Waals surface area contributed by atoms with Crippen LogP contribution in [0.1, 0.15) is 125 Å². The second kappa shape index (κ2) is 43.6. The molecule has 142 heavy (non-hydrogen) atoms. The van der Waals surface area contributed by atoms with Gasteiger partial charge < -0.3 is 80.3 Å². The zero-order valence-corrected chi connectivity index (χ0v) is 75.9. The zero-order valence-electron chi connectivity index (χ0n) is 75.9. The number of alkyl carbamates (subject to hydrolysis) is 1. The van der Waals surface area contributed by atoms with Crippen LogP contribution >= 0.6 is 0 Å². The van der Waals surface area contributed by atoms with Crippen molar-refractivity contribution in [2.45, 2.75) is 163 Å². The number of anilines is 4. The lowest BCUT2D eigenvalue weighted by Gasteiger charge is -2.39. The van der Waals surface area contributed by atoms with Gasteiger partial charge in [0.05, 0.1) is 83.9 Å². The first-order chi connectivity index (χ1) is 68.1. The Morgan fingerprint density at radius 2 is 0.690 bits per heavy atom. The highest BCUT2D eigenvalue weighted by atomic mass is 19.3. The summed E-state index contributed by atoms with van der Waals surface area (Å²) in [5.41, 5.74) is 6.85. The van der Waals surface area contributed by atoms with E-state index in [1.807, 2.05) is 24.3 Å². The van der Waals surface area contributed by atoms with Gasteiger partial charge in [0.25, 0.3) is 0 Å². The highest BCUT2D eigenvalue weighted by Gasteiger charge is 2.53. The van der Waals surface area contributed by atoms with Crippen LogP contribution in [0.4, 0.5) is 62.7 Å². The zero-order chi connectivity index (χ0) is 101. The minimum absolute atomic E-state index is 0.00524. The summed E-state index contributed by atoms with van der Waals surface area (Å²) in [5, 5.41) is 72.2. The van der Waals surface area contributed by atoms with E-state index in [1.165, 1.54) is 60.9 Å². The van der Waals surface area contributed by atoms with E-state index in [1.54, 1.807) is 91.3 Å². The molecule has 10 fully saturated rings. The molecule has 736 valence electrons. The number of aliphatic hydroxyl groups excluding tert-OH is 1. The maximum Gasteiger partial charge on any atom is 0.407 e. The van der Waals surface area contributed by atoms with Crippen molar-refractivity contribution < 1.29 is 112 Å². The molecule has 10 heterocycles. The van der Waals surface area contributed by atoms with E-state index in [9.17, 15) is 104 Å². The number of piperidine rings is 4. The molecule has 8 aromatic rings. The van der Waals surface area contributed by atoms with Crippen molar-refractivity contribution >= 4 is 82.0 Å². The molecule has 4 aromatic carbocycles. The number of nitrogens with zero attached hydrogens (tertiary/aromatic N) is 13. The molecular weight excluding hydrogens is 1860 g/mol. The van der Waals surface area contributed by atoms with Gasteiger partial charge in [-0.3, -0.25) is 63.1 Å². The summed E-state index contributed by atoms with van der Waals surface area (Å²) >= 11 is 0. The van der Waals surface area contributed by atoms with Crippen molar-refractivity contribution in [2.75, 3.05) is 86.8 Å². The molecule has 4 saturated carbocycles. The smallest absolute Gasteiger partial charge is 0.407 e. The average Bonchev–Trinajstić information content (AvgIpc) is 1.77. The van der Waals surface area contributed by atoms with Gasteiger partial charge in [-0.1, -0.05) is 0 Å².